The van der Waals surface area contributed by atoms with Gasteiger partial charge in [-0.15, -0.1) is 0 Å². The third kappa shape index (κ3) is 3.82. The van der Waals surface area contributed by atoms with E-state index in [1.54, 1.807) is 6.07 Å². The highest BCUT2D eigenvalue weighted by atomic mass is 35.5. The lowest BCUT2D eigenvalue weighted by atomic mass is 10.2. The van der Waals surface area contributed by atoms with E-state index in [1.807, 2.05) is 0 Å². The second-order valence-electron chi connectivity index (χ2n) is 4.53. The zero-order valence-corrected chi connectivity index (χ0v) is 10.7. The third-order valence-electron chi connectivity index (χ3n) is 2.80. The number of aliphatic hydroxyl groups excluding tert-OH is 1. The predicted molar refractivity (Wildman–Crippen MR) is 68.4 cm³/mol. The first-order valence-electron chi connectivity index (χ1n) is 6.15. The highest BCUT2D eigenvalue weighted by molar-refractivity contribution is 6.29. The summed E-state index contributed by atoms with van der Waals surface area (Å²) in [7, 11) is 0. The standard InChI is InChI=1S/C12H18ClN3O/c1-2-3-9(17)7-14-11-6-10(13)15-12(16-11)8-4-5-8/h6,8-9,17H,2-5,7H2,1H3,(H,14,15,16). The van der Waals surface area contributed by atoms with Gasteiger partial charge in [-0.2, -0.15) is 0 Å². The quantitative estimate of drug-likeness (QED) is 0.767. The van der Waals surface area contributed by atoms with Gasteiger partial charge in [0.15, 0.2) is 0 Å². The molecule has 0 saturated heterocycles. The Bertz CT molecular complexity index is 382. The van der Waals surface area contributed by atoms with E-state index in [0.717, 1.165) is 31.5 Å². The maximum atomic E-state index is 9.63. The maximum absolute atomic E-state index is 9.63. The van der Waals surface area contributed by atoms with Gasteiger partial charge >= 0.3 is 0 Å². The first kappa shape index (κ1) is 12.6. The average molecular weight is 256 g/mol. The van der Waals surface area contributed by atoms with Crippen molar-refractivity contribution < 1.29 is 5.11 Å². The van der Waals surface area contributed by atoms with Gasteiger partial charge in [-0.3, -0.25) is 0 Å². The van der Waals surface area contributed by atoms with E-state index in [2.05, 4.69) is 22.2 Å². The van der Waals surface area contributed by atoms with Gasteiger partial charge in [0.2, 0.25) is 0 Å². The van der Waals surface area contributed by atoms with Gasteiger partial charge < -0.3 is 10.4 Å². The van der Waals surface area contributed by atoms with Crippen LogP contribution < -0.4 is 5.32 Å². The van der Waals surface area contributed by atoms with Crippen molar-refractivity contribution in [2.24, 2.45) is 0 Å². The van der Waals surface area contributed by atoms with Crippen LogP contribution in [-0.4, -0.2) is 27.7 Å². The summed E-state index contributed by atoms with van der Waals surface area (Å²) in [6, 6.07) is 1.70. The minimum absolute atomic E-state index is 0.335. The highest BCUT2D eigenvalue weighted by Gasteiger charge is 2.27. The van der Waals surface area contributed by atoms with Crippen LogP contribution in [0.5, 0.6) is 0 Å². The molecule has 1 aliphatic carbocycles. The molecule has 0 bridgehead atoms. The van der Waals surface area contributed by atoms with Crippen LogP contribution in [0.3, 0.4) is 0 Å². The van der Waals surface area contributed by atoms with Crippen LogP contribution in [0.15, 0.2) is 6.07 Å². The second-order valence-corrected chi connectivity index (χ2v) is 4.92. The maximum Gasteiger partial charge on any atom is 0.135 e. The monoisotopic (exact) mass is 255 g/mol. The lowest BCUT2D eigenvalue weighted by molar-refractivity contribution is 0.176. The number of anilines is 1. The van der Waals surface area contributed by atoms with Gasteiger partial charge in [0.05, 0.1) is 6.10 Å². The summed E-state index contributed by atoms with van der Waals surface area (Å²) in [5.74, 6) is 2.02. The number of hydrogen-bond acceptors (Lipinski definition) is 4. The Labute approximate surface area is 106 Å². The van der Waals surface area contributed by atoms with E-state index in [4.69, 9.17) is 11.6 Å². The number of rotatable bonds is 6. The van der Waals surface area contributed by atoms with Crippen molar-refractivity contribution in [2.45, 2.75) is 44.6 Å². The Hall–Kier alpha value is -0.870. The van der Waals surface area contributed by atoms with Gasteiger partial charge in [-0.05, 0) is 19.3 Å². The number of hydrogen-bond donors (Lipinski definition) is 2. The van der Waals surface area contributed by atoms with Gasteiger partial charge in [0, 0.05) is 18.5 Å². The predicted octanol–water partition coefficient (Wildman–Crippen LogP) is 2.58. The average Bonchev–Trinajstić information content (AvgIpc) is 3.10. The van der Waals surface area contributed by atoms with Crippen molar-refractivity contribution in [3.63, 3.8) is 0 Å². The van der Waals surface area contributed by atoms with Gasteiger partial charge in [-0.25, -0.2) is 9.97 Å². The van der Waals surface area contributed by atoms with Gasteiger partial charge in [0.1, 0.15) is 16.8 Å². The Morgan fingerprint density at radius 3 is 2.94 bits per heavy atom. The Kier molecular flexibility index (Phi) is 4.18. The molecule has 1 aromatic rings. The molecule has 0 radical (unpaired) electrons. The smallest absolute Gasteiger partial charge is 0.135 e. The molecule has 4 nitrogen and oxygen atoms in total. The van der Waals surface area contributed by atoms with Crippen LogP contribution in [0.2, 0.25) is 5.15 Å². The highest BCUT2D eigenvalue weighted by Crippen LogP contribution is 2.38. The molecule has 1 atom stereocenters. The fourth-order valence-corrected chi connectivity index (χ4v) is 1.90. The van der Waals surface area contributed by atoms with Crippen LogP contribution in [0.25, 0.3) is 0 Å². The SMILES string of the molecule is CCCC(O)CNc1cc(Cl)nc(C2CC2)n1. The van der Waals surface area contributed by atoms with Crippen molar-refractivity contribution in [2.75, 3.05) is 11.9 Å². The Morgan fingerprint density at radius 2 is 2.29 bits per heavy atom. The summed E-state index contributed by atoms with van der Waals surface area (Å²) in [6.45, 7) is 2.56. The lowest BCUT2D eigenvalue weighted by Crippen LogP contribution is -2.19. The van der Waals surface area contributed by atoms with Crippen molar-refractivity contribution in [3.8, 4) is 0 Å². The summed E-state index contributed by atoms with van der Waals surface area (Å²) in [5, 5.41) is 13.2. The summed E-state index contributed by atoms with van der Waals surface area (Å²) >= 11 is 5.94. The third-order valence-corrected chi connectivity index (χ3v) is 2.99. The largest absolute Gasteiger partial charge is 0.391 e. The summed E-state index contributed by atoms with van der Waals surface area (Å²) < 4.78 is 0. The molecule has 1 aliphatic rings. The van der Waals surface area contributed by atoms with Crippen LogP contribution in [0.1, 0.15) is 44.3 Å². The molecular formula is C12H18ClN3O. The molecule has 1 aromatic heterocycles. The molecule has 1 saturated carbocycles. The molecule has 94 valence electrons. The van der Waals surface area contributed by atoms with E-state index >= 15 is 0 Å². The topological polar surface area (TPSA) is 58.0 Å². The lowest BCUT2D eigenvalue weighted by Gasteiger charge is -2.11. The van der Waals surface area contributed by atoms with E-state index in [1.165, 1.54) is 0 Å². The molecule has 2 rings (SSSR count). The molecule has 0 aromatic carbocycles. The zero-order valence-electron chi connectivity index (χ0n) is 9.99. The zero-order chi connectivity index (χ0) is 12.3. The molecule has 0 spiro atoms. The number of halogens is 1. The molecule has 17 heavy (non-hydrogen) atoms. The van der Waals surface area contributed by atoms with Crippen molar-refractivity contribution in [1.82, 2.24) is 9.97 Å². The van der Waals surface area contributed by atoms with Crippen molar-refractivity contribution in [1.29, 1.82) is 0 Å². The first-order chi connectivity index (χ1) is 8.19. The molecule has 1 unspecified atom stereocenters. The molecule has 2 N–H and O–H groups in total. The second kappa shape index (κ2) is 5.65. The van der Waals surface area contributed by atoms with E-state index < -0.39 is 0 Å². The first-order valence-corrected chi connectivity index (χ1v) is 6.53. The molecule has 5 heteroatoms. The summed E-state index contributed by atoms with van der Waals surface area (Å²) in [4.78, 5) is 8.62. The van der Waals surface area contributed by atoms with Crippen LogP contribution in [-0.2, 0) is 0 Å². The molecule has 0 aliphatic heterocycles. The van der Waals surface area contributed by atoms with E-state index in [9.17, 15) is 5.11 Å². The summed E-state index contributed by atoms with van der Waals surface area (Å²) in [6.07, 6.45) is 3.73. The molecule has 0 amide bonds. The molecule has 1 heterocycles. The number of nitrogens with one attached hydrogen (secondary N) is 1. The minimum Gasteiger partial charge on any atom is -0.391 e. The molecule has 1 fully saturated rings. The normalized spacial score (nSPS) is 16.9. The van der Waals surface area contributed by atoms with Crippen LogP contribution in [0, 0.1) is 0 Å². The Balaban J connectivity index is 1.95. The van der Waals surface area contributed by atoms with Crippen LogP contribution >= 0.6 is 11.6 Å². The summed E-state index contributed by atoms with van der Waals surface area (Å²) in [5.41, 5.74) is 0. The fraction of sp³-hybridized carbons (Fsp3) is 0.667. The van der Waals surface area contributed by atoms with Crippen molar-refractivity contribution >= 4 is 17.4 Å². The number of aliphatic hydroxyl groups is 1. The van der Waals surface area contributed by atoms with E-state index in [-0.39, 0.29) is 6.10 Å². The van der Waals surface area contributed by atoms with Gasteiger partial charge in [0.25, 0.3) is 0 Å². The Morgan fingerprint density at radius 1 is 1.53 bits per heavy atom. The van der Waals surface area contributed by atoms with Gasteiger partial charge in [-0.1, -0.05) is 24.9 Å². The van der Waals surface area contributed by atoms with E-state index in [0.29, 0.717) is 23.4 Å². The number of nitrogens with zero attached hydrogens (tertiary/aromatic N) is 2. The van der Waals surface area contributed by atoms with Crippen LogP contribution in [0.4, 0.5) is 5.82 Å². The van der Waals surface area contributed by atoms with Crippen molar-refractivity contribution in [3.05, 3.63) is 17.0 Å². The number of aromatic nitrogens is 2. The minimum atomic E-state index is -0.335. The molecular weight excluding hydrogens is 238 g/mol. The fourth-order valence-electron chi connectivity index (χ4n) is 1.71.